The summed E-state index contributed by atoms with van der Waals surface area (Å²) in [4.78, 5) is 22.5. The number of carbonyl (C=O) groups is 1. The fourth-order valence-corrected chi connectivity index (χ4v) is 3.29. The zero-order chi connectivity index (χ0) is 19.4. The lowest BCUT2D eigenvalue weighted by Crippen LogP contribution is -2.12. The smallest absolute Gasteiger partial charge is 0.270 e. The number of nitrogens with one attached hydrogen (secondary N) is 1. The molecular weight excluding hydrogens is 392 g/mol. The lowest BCUT2D eigenvalue weighted by molar-refractivity contribution is -0.384. The number of halogens is 1. The molecule has 0 aliphatic carbocycles. The van der Waals surface area contributed by atoms with E-state index in [1.165, 1.54) is 23.5 Å². The third kappa shape index (κ3) is 4.57. The molecule has 1 heterocycles. The van der Waals surface area contributed by atoms with Crippen molar-refractivity contribution in [1.82, 2.24) is 10.2 Å². The Morgan fingerprint density at radius 1 is 1.26 bits per heavy atom. The number of aromatic nitrogens is 2. The van der Waals surface area contributed by atoms with Crippen LogP contribution in [0.15, 0.2) is 42.5 Å². The minimum Gasteiger partial charge on any atom is -0.497 e. The summed E-state index contributed by atoms with van der Waals surface area (Å²) in [7, 11) is 1.60. The summed E-state index contributed by atoms with van der Waals surface area (Å²) in [6.45, 7) is 0. The Labute approximate surface area is 162 Å². The van der Waals surface area contributed by atoms with Crippen molar-refractivity contribution >= 4 is 39.7 Å². The number of benzene rings is 2. The molecule has 0 bridgehead atoms. The Morgan fingerprint density at radius 3 is 2.63 bits per heavy atom. The normalized spacial score (nSPS) is 10.4. The van der Waals surface area contributed by atoms with Crippen LogP contribution in [-0.2, 0) is 6.42 Å². The monoisotopic (exact) mass is 404 g/mol. The highest BCUT2D eigenvalue weighted by atomic mass is 35.5. The van der Waals surface area contributed by atoms with Crippen LogP contribution in [0.3, 0.4) is 0 Å². The number of hydrogen-bond donors (Lipinski definition) is 1. The largest absolute Gasteiger partial charge is 0.497 e. The molecule has 3 rings (SSSR count). The predicted octanol–water partition coefficient (Wildman–Crippen LogP) is 3.95. The van der Waals surface area contributed by atoms with E-state index in [9.17, 15) is 14.9 Å². The van der Waals surface area contributed by atoms with E-state index in [0.717, 1.165) is 22.4 Å². The van der Waals surface area contributed by atoms with Gasteiger partial charge < -0.3 is 4.74 Å². The number of methoxy groups -OCH3 is 1. The Morgan fingerprint density at radius 2 is 2.00 bits per heavy atom. The molecule has 138 valence electrons. The van der Waals surface area contributed by atoms with Crippen LogP contribution in [-0.4, -0.2) is 28.1 Å². The minimum absolute atomic E-state index is 0.00956. The van der Waals surface area contributed by atoms with Gasteiger partial charge in [-0.3, -0.25) is 20.2 Å². The maximum absolute atomic E-state index is 12.3. The summed E-state index contributed by atoms with van der Waals surface area (Å²) in [6.07, 6.45) is 0.565. The molecule has 10 heteroatoms. The summed E-state index contributed by atoms with van der Waals surface area (Å²) in [5.41, 5.74) is 0.964. The highest BCUT2D eigenvalue weighted by Gasteiger charge is 2.16. The van der Waals surface area contributed by atoms with E-state index in [4.69, 9.17) is 16.3 Å². The van der Waals surface area contributed by atoms with Gasteiger partial charge in [0.05, 0.1) is 22.6 Å². The molecule has 0 spiro atoms. The van der Waals surface area contributed by atoms with E-state index < -0.39 is 10.8 Å². The first-order chi connectivity index (χ1) is 13.0. The lowest BCUT2D eigenvalue weighted by atomic mass is 10.1. The second-order valence-corrected chi connectivity index (χ2v) is 6.87. The molecule has 8 nitrogen and oxygen atoms in total. The topological polar surface area (TPSA) is 107 Å². The van der Waals surface area contributed by atoms with Crippen molar-refractivity contribution in [1.29, 1.82) is 0 Å². The van der Waals surface area contributed by atoms with Crippen molar-refractivity contribution in [2.24, 2.45) is 0 Å². The summed E-state index contributed by atoms with van der Waals surface area (Å²) >= 11 is 7.20. The number of anilines is 1. The molecule has 3 aromatic rings. The van der Waals surface area contributed by atoms with Gasteiger partial charge in [0, 0.05) is 18.6 Å². The van der Waals surface area contributed by atoms with Gasteiger partial charge in [-0.2, -0.15) is 0 Å². The van der Waals surface area contributed by atoms with Crippen LogP contribution in [0.4, 0.5) is 10.8 Å². The van der Waals surface area contributed by atoms with Crippen molar-refractivity contribution in [3.8, 4) is 5.75 Å². The summed E-state index contributed by atoms with van der Waals surface area (Å²) in [5.74, 6) is 0.256. The standard InChI is InChI=1S/C17H13ClN4O4S/c1-26-12-5-2-10(3-6-12)8-15-20-21-17(27-15)19-16(23)13-7-4-11(22(24)25)9-14(13)18/h2-7,9H,8H2,1H3,(H,19,21,23). The van der Waals surface area contributed by atoms with Crippen LogP contribution in [0, 0.1) is 10.1 Å². The van der Waals surface area contributed by atoms with E-state index >= 15 is 0 Å². The van der Waals surface area contributed by atoms with Gasteiger partial charge in [0.1, 0.15) is 10.8 Å². The summed E-state index contributed by atoms with van der Waals surface area (Å²) in [6, 6.07) is 11.2. The van der Waals surface area contributed by atoms with Crippen molar-refractivity contribution in [3.63, 3.8) is 0 Å². The first-order valence-electron chi connectivity index (χ1n) is 7.67. The molecule has 0 atom stereocenters. The third-order valence-electron chi connectivity index (χ3n) is 3.61. The third-order valence-corrected chi connectivity index (χ3v) is 4.76. The number of hydrogen-bond acceptors (Lipinski definition) is 7. The van der Waals surface area contributed by atoms with Gasteiger partial charge in [-0.1, -0.05) is 35.1 Å². The quantitative estimate of drug-likeness (QED) is 0.492. The molecule has 27 heavy (non-hydrogen) atoms. The predicted molar refractivity (Wildman–Crippen MR) is 102 cm³/mol. The fourth-order valence-electron chi connectivity index (χ4n) is 2.26. The van der Waals surface area contributed by atoms with Crippen molar-refractivity contribution in [2.45, 2.75) is 6.42 Å². The van der Waals surface area contributed by atoms with E-state index in [1.807, 2.05) is 24.3 Å². The zero-order valence-corrected chi connectivity index (χ0v) is 15.6. The number of non-ortho nitro benzene ring substituents is 1. The molecule has 0 saturated heterocycles. The van der Waals surface area contributed by atoms with Gasteiger partial charge in [-0.25, -0.2) is 0 Å². The number of nitro groups is 1. The Balaban J connectivity index is 1.68. The first-order valence-corrected chi connectivity index (χ1v) is 8.86. The van der Waals surface area contributed by atoms with Gasteiger partial charge >= 0.3 is 0 Å². The Bertz CT molecular complexity index is 991. The highest BCUT2D eigenvalue weighted by Crippen LogP contribution is 2.25. The van der Waals surface area contributed by atoms with E-state index in [2.05, 4.69) is 15.5 Å². The van der Waals surface area contributed by atoms with Crippen molar-refractivity contribution < 1.29 is 14.5 Å². The lowest BCUT2D eigenvalue weighted by Gasteiger charge is -2.03. The van der Waals surface area contributed by atoms with Gasteiger partial charge in [0.25, 0.3) is 11.6 Å². The molecule has 2 aromatic carbocycles. The SMILES string of the molecule is COc1ccc(Cc2nnc(NC(=O)c3ccc([N+](=O)[O-])cc3Cl)s2)cc1. The van der Waals surface area contributed by atoms with Crippen molar-refractivity contribution in [3.05, 3.63) is 73.7 Å². The minimum atomic E-state index is -0.580. The molecule has 0 aliphatic heterocycles. The van der Waals surface area contributed by atoms with Gasteiger partial charge in [0.15, 0.2) is 0 Å². The van der Waals surface area contributed by atoms with Crippen LogP contribution in [0.2, 0.25) is 5.02 Å². The van der Waals surface area contributed by atoms with Gasteiger partial charge in [-0.05, 0) is 23.8 Å². The number of nitrogens with zero attached hydrogens (tertiary/aromatic N) is 3. The number of carbonyl (C=O) groups excluding carboxylic acids is 1. The fraction of sp³-hybridized carbons (Fsp3) is 0.118. The molecule has 0 fully saturated rings. The van der Waals surface area contributed by atoms with Crippen LogP contribution in [0.5, 0.6) is 5.75 Å². The number of nitro benzene ring substituents is 1. The second kappa shape index (κ2) is 8.11. The average Bonchev–Trinajstić information content (AvgIpc) is 3.08. The van der Waals surface area contributed by atoms with Crippen LogP contribution >= 0.6 is 22.9 Å². The van der Waals surface area contributed by atoms with E-state index in [1.54, 1.807) is 7.11 Å². The molecule has 0 saturated carbocycles. The average molecular weight is 405 g/mol. The Hall–Kier alpha value is -3.04. The Kier molecular flexibility index (Phi) is 5.63. The molecule has 0 radical (unpaired) electrons. The maximum atomic E-state index is 12.3. The highest BCUT2D eigenvalue weighted by molar-refractivity contribution is 7.15. The zero-order valence-electron chi connectivity index (χ0n) is 14.0. The number of rotatable bonds is 6. The maximum Gasteiger partial charge on any atom is 0.270 e. The van der Waals surface area contributed by atoms with Crippen LogP contribution in [0.25, 0.3) is 0 Å². The van der Waals surface area contributed by atoms with Crippen LogP contribution in [0.1, 0.15) is 20.9 Å². The van der Waals surface area contributed by atoms with Gasteiger partial charge in [-0.15, -0.1) is 10.2 Å². The molecule has 0 aliphatic rings. The van der Waals surface area contributed by atoms with Gasteiger partial charge in [0.2, 0.25) is 5.13 Å². The number of amides is 1. The second-order valence-electron chi connectivity index (χ2n) is 5.40. The summed E-state index contributed by atoms with van der Waals surface area (Å²) in [5, 5.41) is 22.4. The molecule has 1 amide bonds. The summed E-state index contributed by atoms with van der Waals surface area (Å²) < 4.78 is 5.12. The number of ether oxygens (including phenoxy) is 1. The van der Waals surface area contributed by atoms with Crippen molar-refractivity contribution in [2.75, 3.05) is 12.4 Å². The van der Waals surface area contributed by atoms with E-state index in [-0.39, 0.29) is 16.3 Å². The molecule has 1 aromatic heterocycles. The molecule has 0 unspecified atom stereocenters. The first kappa shape index (κ1) is 18.7. The molecule has 1 N–H and O–H groups in total. The molecular formula is C17H13ClN4O4S. The van der Waals surface area contributed by atoms with E-state index in [0.29, 0.717) is 11.6 Å². The van der Waals surface area contributed by atoms with Crippen LogP contribution < -0.4 is 10.1 Å².